The van der Waals surface area contributed by atoms with Crippen LogP contribution in [-0.4, -0.2) is 24.0 Å². The lowest BCUT2D eigenvalue weighted by atomic mass is 10.1. The van der Waals surface area contributed by atoms with Gasteiger partial charge in [0.1, 0.15) is 5.75 Å². The van der Waals surface area contributed by atoms with Gasteiger partial charge in [0.05, 0.1) is 11.8 Å². The highest BCUT2D eigenvalue weighted by molar-refractivity contribution is 6.39. The number of rotatable bonds is 5. The number of esters is 1. The summed E-state index contributed by atoms with van der Waals surface area (Å²) in [6, 6.07) is 20.0. The van der Waals surface area contributed by atoms with Crippen LogP contribution in [0.5, 0.6) is 5.75 Å². The van der Waals surface area contributed by atoms with E-state index in [1.807, 2.05) is 13.0 Å². The third-order valence-corrected chi connectivity index (χ3v) is 4.31. The van der Waals surface area contributed by atoms with E-state index in [0.717, 1.165) is 5.56 Å². The maximum absolute atomic E-state index is 12.4. The molecule has 0 aliphatic carbocycles. The number of amides is 2. The molecule has 0 radical (unpaired) electrons. The Morgan fingerprint density at radius 2 is 1.68 bits per heavy atom. The average Bonchev–Trinajstić information content (AvgIpc) is 2.76. The van der Waals surface area contributed by atoms with Crippen molar-refractivity contribution in [2.75, 3.05) is 5.32 Å². The highest BCUT2D eigenvalue weighted by Crippen LogP contribution is 2.18. The third-order valence-electron chi connectivity index (χ3n) is 4.05. The number of hydrazone groups is 1. The zero-order chi connectivity index (χ0) is 22.2. The molecule has 7 nitrogen and oxygen atoms in total. The molecule has 0 heterocycles. The molecular weight excluding hydrogens is 418 g/mol. The minimum absolute atomic E-state index is 0.262. The first-order chi connectivity index (χ1) is 14.9. The van der Waals surface area contributed by atoms with Crippen molar-refractivity contribution in [3.05, 3.63) is 94.5 Å². The second-order valence-electron chi connectivity index (χ2n) is 6.46. The van der Waals surface area contributed by atoms with Crippen LogP contribution >= 0.6 is 11.6 Å². The SMILES string of the molecule is Cc1cccc(C(=O)Oc2ccccc2C=NNC(=O)C(=O)Nc2ccc(Cl)cc2)c1. The van der Waals surface area contributed by atoms with Gasteiger partial charge in [0.25, 0.3) is 0 Å². The number of nitrogens with zero attached hydrogens (tertiary/aromatic N) is 1. The van der Waals surface area contributed by atoms with E-state index in [1.54, 1.807) is 66.7 Å². The Labute approximate surface area is 183 Å². The number of carbonyl (C=O) groups is 3. The van der Waals surface area contributed by atoms with Gasteiger partial charge in [-0.1, -0.05) is 41.4 Å². The minimum Gasteiger partial charge on any atom is -0.422 e. The molecule has 156 valence electrons. The van der Waals surface area contributed by atoms with Crippen LogP contribution in [0.2, 0.25) is 5.02 Å². The summed E-state index contributed by atoms with van der Waals surface area (Å²) < 4.78 is 5.45. The predicted octanol–water partition coefficient (Wildman–Crippen LogP) is 3.96. The number of hydrogen-bond donors (Lipinski definition) is 2. The Kier molecular flexibility index (Phi) is 7.13. The van der Waals surface area contributed by atoms with E-state index in [9.17, 15) is 14.4 Å². The average molecular weight is 436 g/mol. The first kappa shape index (κ1) is 21.7. The molecule has 0 saturated heterocycles. The predicted molar refractivity (Wildman–Crippen MR) is 118 cm³/mol. The molecule has 2 amide bonds. The second kappa shape index (κ2) is 10.2. The minimum atomic E-state index is -0.958. The molecule has 0 aliphatic rings. The number of hydrogen-bond acceptors (Lipinski definition) is 5. The van der Waals surface area contributed by atoms with E-state index >= 15 is 0 Å². The van der Waals surface area contributed by atoms with E-state index in [2.05, 4.69) is 15.8 Å². The van der Waals surface area contributed by atoms with Crippen molar-refractivity contribution < 1.29 is 19.1 Å². The van der Waals surface area contributed by atoms with Crippen molar-refractivity contribution in [3.63, 3.8) is 0 Å². The van der Waals surface area contributed by atoms with Gasteiger partial charge >= 0.3 is 17.8 Å². The molecule has 3 rings (SSSR count). The molecule has 0 spiro atoms. The van der Waals surface area contributed by atoms with Gasteiger partial charge in [-0.2, -0.15) is 5.10 Å². The molecule has 0 saturated carbocycles. The van der Waals surface area contributed by atoms with Crippen LogP contribution in [0.3, 0.4) is 0 Å². The molecule has 0 atom stereocenters. The Morgan fingerprint density at radius 1 is 0.935 bits per heavy atom. The normalized spacial score (nSPS) is 10.5. The smallest absolute Gasteiger partial charge is 0.343 e. The molecule has 8 heteroatoms. The number of halogens is 1. The first-order valence-electron chi connectivity index (χ1n) is 9.20. The van der Waals surface area contributed by atoms with E-state index in [1.165, 1.54) is 6.21 Å². The van der Waals surface area contributed by atoms with Crippen LogP contribution in [-0.2, 0) is 9.59 Å². The van der Waals surface area contributed by atoms with Crippen LogP contribution in [0.15, 0.2) is 77.9 Å². The van der Waals surface area contributed by atoms with Gasteiger partial charge in [0, 0.05) is 16.3 Å². The number of nitrogens with one attached hydrogen (secondary N) is 2. The summed E-state index contributed by atoms with van der Waals surface area (Å²) in [5.41, 5.74) is 4.35. The number of carbonyl (C=O) groups excluding carboxylic acids is 3. The van der Waals surface area contributed by atoms with Crippen molar-refractivity contribution in [1.29, 1.82) is 0 Å². The number of anilines is 1. The summed E-state index contributed by atoms with van der Waals surface area (Å²) in [4.78, 5) is 36.3. The van der Waals surface area contributed by atoms with Gasteiger partial charge in [-0.15, -0.1) is 0 Å². The molecular formula is C23H18ClN3O4. The summed E-state index contributed by atoms with van der Waals surface area (Å²) >= 11 is 5.78. The zero-order valence-corrected chi connectivity index (χ0v) is 17.2. The number of benzene rings is 3. The van der Waals surface area contributed by atoms with Gasteiger partial charge in [0.2, 0.25) is 0 Å². The van der Waals surface area contributed by atoms with Gasteiger partial charge in [-0.05, 0) is 55.5 Å². The maximum atomic E-state index is 12.4. The Morgan fingerprint density at radius 3 is 2.42 bits per heavy atom. The fourth-order valence-electron chi connectivity index (χ4n) is 2.54. The summed E-state index contributed by atoms with van der Waals surface area (Å²) in [7, 11) is 0. The Hall–Kier alpha value is -3.97. The molecule has 31 heavy (non-hydrogen) atoms. The van der Waals surface area contributed by atoms with Gasteiger partial charge in [-0.25, -0.2) is 10.2 Å². The standard InChI is InChI=1S/C23H18ClN3O4/c1-15-5-4-7-16(13-15)23(30)31-20-8-3-2-6-17(20)14-25-27-22(29)21(28)26-19-11-9-18(24)10-12-19/h2-14H,1H3,(H,26,28)(H,27,29). The van der Waals surface area contributed by atoms with Crippen molar-refractivity contribution >= 4 is 41.3 Å². The monoisotopic (exact) mass is 435 g/mol. The Bertz CT molecular complexity index is 1140. The number of para-hydroxylation sites is 1. The van der Waals surface area contributed by atoms with Crippen LogP contribution < -0.4 is 15.5 Å². The second-order valence-corrected chi connectivity index (χ2v) is 6.89. The lowest BCUT2D eigenvalue weighted by molar-refractivity contribution is -0.136. The quantitative estimate of drug-likeness (QED) is 0.208. The molecule has 0 aromatic heterocycles. The van der Waals surface area contributed by atoms with E-state index in [4.69, 9.17) is 16.3 Å². The summed E-state index contributed by atoms with van der Waals surface area (Å²) in [6.45, 7) is 1.88. The molecule has 3 aromatic carbocycles. The summed E-state index contributed by atoms with van der Waals surface area (Å²) in [5, 5.41) is 6.71. The number of ether oxygens (including phenoxy) is 1. The summed E-state index contributed by atoms with van der Waals surface area (Å²) in [5.74, 6) is -2.10. The number of aryl methyl sites for hydroxylation is 1. The van der Waals surface area contributed by atoms with Crippen LogP contribution in [0.25, 0.3) is 0 Å². The van der Waals surface area contributed by atoms with E-state index in [-0.39, 0.29) is 5.75 Å². The largest absolute Gasteiger partial charge is 0.422 e. The molecule has 3 aromatic rings. The zero-order valence-electron chi connectivity index (χ0n) is 16.5. The van der Waals surface area contributed by atoms with Crippen LogP contribution in [0.1, 0.15) is 21.5 Å². The lowest BCUT2D eigenvalue weighted by Crippen LogP contribution is -2.32. The van der Waals surface area contributed by atoms with Crippen molar-refractivity contribution in [3.8, 4) is 5.75 Å². The van der Waals surface area contributed by atoms with Crippen LogP contribution in [0, 0.1) is 6.92 Å². The van der Waals surface area contributed by atoms with Gasteiger partial charge < -0.3 is 10.1 Å². The highest BCUT2D eigenvalue weighted by Gasteiger charge is 2.14. The van der Waals surface area contributed by atoms with Gasteiger partial charge in [-0.3, -0.25) is 9.59 Å². The maximum Gasteiger partial charge on any atom is 0.343 e. The van der Waals surface area contributed by atoms with Crippen molar-refractivity contribution in [2.45, 2.75) is 6.92 Å². The third kappa shape index (κ3) is 6.25. The molecule has 0 aliphatic heterocycles. The van der Waals surface area contributed by atoms with Gasteiger partial charge in [0.15, 0.2) is 0 Å². The van der Waals surface area contributed by atoms with Crippen LogP contribution in [0.4, 0.5) is 5.69 Å². The molecule has 0 bridgehead atoms. The van der Waals surface area contributed by atoms with Crippen molar-refractivity contribution in [2.24, 2.45) is 5.10 Å². The lowest BCUT2D eigenvalue weighted by Gasteiger charge is -2.08. The Balaban J connectivity index is 1.62. The fourth-order valence-corrected chi connectivity index (χ4v) is 2.67. The molecule has 0 unspecified atom stereocenters. The van der Waals surface area contributed by atoms with E-state index < -0.39 is 17.8 Å². The fraction of sp³-hybridized carbons (Fsp3) is 0.0435. The molecule has 0 fully saturated rings. The topological polar surface area (TPSA) is 96.9 Å². The molecule has 2 N–H and O–H groups in total. The van der Waals surface area contributed by atoms with Crippen molar-refractivity contribution in [1.82, 2.24) is 5.43 Å². The van der Waals surface area contributed by atoms with E-state index in [0.29, 0.717) is 21.8 Å². The highest BCUT2D eigenvalue weighted by atomic mass is 35.5. The summed E-state index contributed by atoms with van der Waals surface area (Å²) in [6.07, 6.45) is 1.28. The first-order valence-corrected chi connectivity index (χ1v) is 9.58.